The lowest BCUT2D eigenvalue weighted by Gasteiger charge is -2.31. The SMILES string of the molecule is O=C(CC(c1ccccc1)c1ccccc1)N1CCCc2ccccc21. The van der Waals surface area contributed by atoms with E-state index in [1.165, 1.54) is 16.7 Å². The molecule has 0 radical (unpaired) electrons. The van der Waals surface area contributed by atoms with Crippen LogP contribution >= 0.6 is 0 Å². The third kappa shape index (κ3) is 3.41. The van der Waals surface area contributed by atoms with Crippen LogP contribution in [0.25, 0.3) is 0 Å². The summed E-state index contributed by atoms with van der Waals surface area (Å²) in [6.45, 7) is 0.812. The van der Waals surface area contributed by atoms with Crippen molar-refractivity contribution in [3.8, 4) is 0 Å². The summed E-state index contributed by atoms with van der Waals surface area (Å²) in [6, 6.07) is 29.0. The number of amides is 1. The van der Waals surface area contributed by atoms with Crippen molar-refractivity contribution in [2.75, 3.05) is 11.4 Å². The minimum absolute atomic E-state index is 0.0824. The van der Waals surface area contributed by atoms with Crippen molar-refractivity contribution in [1.29, 1.82) is 0 Å². The molecule has 0 atom stereocenters. The Morgan fingerprint density at radius 1 is 0.808 bits per heavy atom. The molecular formula is C24H23NO. The molecule has 3 aromatic rings. The van der Waals surface area contributed by atoms with Crippen LogP contribution in [0, 0.1) is 0 Å². The Morgan fingerprint density at radius 3 is 2.04 bits per heavy atom. The molecule has 1 amide bonds. The number of carbonyl (C=O) groups excluding carboxylic acids is 1. The number of rotatable bonds is 4. The van der Waals surface area contributed by atoms with Crippen LogP contribution < -0.4 is 4.90 Å². The average Bonchev–Trinajstić information content (AvgIpc) is 2.72. The van der Waals surface area contributed by atoms with Crippen LogP contribution in [0.4, 0.5) is 5.69 Å². The zero-order valence-corrected chi connectivity index (χ0v) is 14.8. The van der Waals surface area contributed by atoms with E-state index in [1.807, 2.05) is 47.4 Å². The molecule has 4 rings (SSSR count). The van der Waals surface area contributed by atoms with E-state index in [1.54, 1.807) is 0 Å². The third-order valence-electron chi connectivity index (χ3n) is 5.19. The number of hydrogen-bond donors (Lipinski definition) is 0. The maximum Gasteiger partial charge on any atom is 0.227 e. The quantitative estimate of drug-likeness (QED) is 0.639. The molecule has 0 aliphatic carbocycles. The predicted molar refractivity (Wildman–Crippen MR) is 106 cm³/mol. The fraction of sp³-hybridized carbons (Fsp3) is 0.208. The summed E-state index contributed by atoms with van der Waals surface area (Å²) >= 11 is 0. The van der Waals surface area contributed by atoms with Gasteiger partial charge in [-0.25, -0.2) is 0 Å². The number of aryl methyl sites for hydroxylation is 1. The molecule has 0 fully saturated rings. The third-order valence-corrected chi connectivity index (χ3v) is 5.19. The number of anilines is 1. The van der Waals surface area contributed by atoms with Crippen molar-refractivity contribution in [1.82, 2.24) is 0 Å². The minimum atomic E-state index is 0.0824. The summed E-state index contributed by atoms with van der Waals surface area (Å²) in [7, 11) is 0. The van der Waals surface area contributed by atoms with Gasteiger partial charge in [-0.3, -0.25) is 4.79 Å². The first-order chi connectivity index (χ1) is 12.8. The first kappa shape index (κ1) is 16.6. The molecular weight excluding hydrogens is 318 g/mol. The molecule has 26 heavy (non-hydrogen) atoms. The molecule has 0 N–H and O–H groups in total. The summed E-state index contributed by atoms with van der Waals surface area (Å²) in [5, 5.41) is 0. The monoisotopic (exact) mass is 341 g/mol. The van der Waals surface area contributed by atoms with Crippen LogP contribution in [0.1, 0.15) is 35.4 Å². The van der Waals surface area contributed by atoms with E-state index in [-0.39, 0.29) is 11.8 Å². The van der Waals surface area contributed by atoms with Gasteiger partial charge in [0.05, 0.1) is 0 Å². The Bertz CT molecular complexity index is 833. The summed E-state index contributed by atoms with van der Waals surface area (Å²) in [5.74, 6) is 0.286. The lowest BCUT2D eigenvalue weighted by atomic mass is 9.87. The van der Waals surface area contributed by atoms with E-state index in [9.17, 15) is 4.79 Å². The molecule has 0 saturated carbocycles. The molecule has 1 aliphatic rings. The number of carbonyl (C=O) groups is 1. The van der Waals surface area contributed by atoms with Gasteiger partial charge in [0.1, 0.15) is 0 Å². The van der Waals surface area contributed by atoms with E-state index in [0.717, 1.165) is 25.1 Å². The van der Waals surface area contributed by atoms with Crippen molar-refractivity contribution in [2.45, 2.75) is 25.2 Å². The summed E-state index contributed by atoms with van der Waals surface area (Å²) in [6.07, 6.45) is 2.58. The lowest BCUT2D eigenvalue weighted by molar-refractivity contribution is -0.118. The Balaban J connectivity index is 1.64. The molecule has 2 heteroatoms. The van der Waals surface area contributed by atoms with E-state index in [4.69, 9.17) is 0 Å². The van der Waals surface area contributed by atoms with Crippen LogP contribution in [0.2, 0.25) is 0 Å². The Kier molecular flexibility index (Phi) is 4.83. The lowest BCUT2D eigenvalue weighted by Crippen LogP contribution is -2.36. The fourth-order valence-electron chi connectivity index (χ4n) is 3.88. The molecule has 1 heterocycles. The normalized spacial score (nSPS) is 13.5. The zero-order chi connectivity index (χ0) is 17.8. The van der Waals surface area contributed by atoms with Crippen LogP contribution in [0.5, 0.6) is 0 Å². The van der Waals surface area contributed by atoms with Gasteiger partial charge < -0.3 is 4.90 Å². The second-order valence-electron chi connectivity index (χ2n) is 6.86. The van der Waals surface area contributed by atoms with E-state index in [0.29, 0.717) is 6.42 Å². The molecule has 0 saturated heterocycles. The van der Waals surface area contributed by atoms with Crippen LogP contribution in [-0.4, -0.2) is 12.5 Å². The minimum Gasteiger partial charge on any atom is -0.312 e. The maximum atomic E-state index is 13.2. The number of nitrogens with zero attached hydrogens (tertiary/aromatic N) is 1. The molecule has 1 aliphatic heterocycles. The van der Waals surface area contributed by atoms with Gasteiger partial charge in [-0.15, -0.1) is 0 Å². The second-order valence-corrected chi connectivity index (χ2v) is 6.86. The average molecular weight is 341 g/mol. The molecule has 0 bridgehead atoms. The van der Waals surface area contributed by atoms with Gasteiger partial charge in [-0.1, -0.05) is 78.9 Å². The highest BCUT2D eigenvalue weighted by atomic mass is 16.2. The highest BCUT2D eigenvalue weighted by Gasteiger charge is 2.26. The van der Waals surface area contributed by atoms with Crippen molar-refractivity contribution < 1.29 is 4.79 Å². The van der Waals surface area contributed by atoms with Gasteiger partial charge in [0.2, 0.25) is 5.91 Å². The first-order valence-electron chi connectivity index (χ1n) is 9.31. The van der Waals surface area contributed by atoms with E-state index < -0.39 is 0 Å². The highest BCUT2D eigenvalue weighted by Crippen LogP contribution is 2.32. The van der Waals surface area contributed by atoms with Crippen LogP contribution in [0.15, 0.2) is 84.9 Å². The molecule has 3 aromatic carbocycles. The van der Waals surface area contributed by atoms with Gasteiger partial charge in [0.25, 0.3) is 0 Å². The number of para-hydroxylation sites is 1. The van der Waals surface area contributed by atoms with Crippen LogP contribution in [-0.2, 0) is 11.2 Å². The Hall–Kier alpha value is -2.87. The predicted octanol–water partition coefficient (Wildman–Crippen LogP) is 5.19. The molecule has 2 nitrogen and oxygen atoms in total. The van der Waals surface area contributed by atoms with Gasteiger partial charge in [-0.05, 0) is 35.6 Å². The largest absolute Gasteiger partial charge is 0.312 e. The van der Waals surface area contributed by atoms with Gasteiger partial charge in [0, 0.05) is 24.6 Å². The number of hydrogen-bond acceptors (Lipinski definition) is 1. The molecule has 0 unspecified atom stereocenters. The number of fused-ring (bicyclic) bond motifs is 1. The fourth-order valence-corrected chi connectivity index (χ4v) is 3.88. The van der Waals surface area contributed by atoms with Gasteiger partial charge in [-0.2, -0.15) is 0 Å². The van der Waals surface area contributed by atoms with Gasteiger partial charge >= 0.3 is 0 Å². The van der Waals surface area contributed by atoms with E-state index >= 15 is 0 Å². The van der Waals surface area contributed by atoms with Crippen molar-refractivity contribution in [3.05, 3.63) is 102 Å². The standard InChI is InChI=1S/C24H23NO/c26-24(25-17-9-15-21-14-7-8-16-23(21)25)18-22(19-10-3-1-4-11-19)20-12-5-2-6-13-20/h1-8,10-14,16,22H,9,15,17-18H2. The Labute approximate surface area is 155 Å². The molecule has 0 spiro atoms. The molecule has 0 aromatic heterocycles. The number of benzene rings is 3. The summed E-state index contributed by atoms with van der Waals surface area (Å²) in [4.78, 5) is 15.2. The summed E-state index contributed by atoms with van der Waals surface area (Å²) in [5.41, 5.74) is 4.75. The van der Waals surface area contributed by atoms with E-state index in [2.05, 4.69) is 42.5 Å². The highest BCUT2D eigenvalue weighted by molar-refractivity contribution is 5.95. The van der Waals surface area contributed by atoms with Gasteiger partial charge in [0.15, 0.2) is 0 Å². The smallest absolute Gasteiger partial charge is 0.227 e. The second kappa shape index (κ2) is 7.57. The van der Waals surface area contributed by atoms with Crippen molar-refractivity contribution in [2.24, 2.45) is 0 Å². The maximum absolute atomic E-state index is 13.2. The van der Waals surface area contributed by atoms with Crippen molar-refractivity contribution >= 4 is 11.6 Å². The topological polar surface area (TPSA) is 20.3 Å². The summed E-state index contributed by atoms with van der Waals surface area (Å²) < 4.78 is 0. The van der Waals surface area contributed by atoms with Crippen LogP contribution in [0.3, 0.4) is 0 Å². The zero-order valence-electron chi connectivity index (χ0n) is 14.8. The first-order valence-corrected chi connectivity index (χ1v) is 9.31. The Morgan fingerprint density at radius 2 is 1.38 bits per heavy atom. The molecule has 130 valence electrons. The van der Waals surface area contributed by atoms with Crippen molar-refractivity contribution in [3.63, 3.8) is 0 Å².